The van der Waals surface area contributed by atoms with E-state index in [0.29, 0.717) is 12.0 Å². The molecule has 2 unspecified atom stereocenters. The summed E-state index contributed by atoms with van der Waals surface area (Å²) in [7, 11) is 0. The SMILES string of the molecule is CCCCCCCCCCCC(Cc1ccccc1)C(CCCCCC)n1ccnc1. The topological polar surface area (TPSA) is 17.8 Å². The molecule has 2 atom stereocenters. The van der Waals surface area contributed by atoms with Crippen LogP contribution >= 0.6 is 0 Å². The van der Waals surface area contributed by atoms with Gasteiger partial charge in [0, 0.05) is 18.4 Å². The maximum absolute atomic E-state index is 4.39. The minimum absolute atomic E-state index is 0.577. The minimum atomic E-state index is 0.577. The van der Waals surface area contributed by atoms with Gasteiger partial charge in [-0.15, -0.1) is 0 Å². The van der Waals surface area contributed by atoms with Crippen LogP contribution in [0, 0.1) is 5.92 Å². The van der Waals surface area contributed by atoms with E-state index in [1.807, 2.05) is 6.20 Å². The third-order valence-electron chi connectivity index (χ3n) is 6.82. The first kappa shape index (κ1) is 25.7. The van der Waals surface area contributed by atoms with E-state index >= 15 is 0 Å². The molecule has 1 aromatic carbocycles. The highest BCUT2D eigenvalue weighted by molar-refractivity contribution is 5.15. The molecule has 0 N–H and O–H groups in total. The first-order chi connectivity index (χ1) is 15.3. The van der Waals surface area contributed by atoms with Gasteiger partial charge < -0.3 is 4.57 Å². The summed E-state index contributed by atoms with van der Waals surface area (Å²) in [5.41, 5.74) is 1.49. The standard InChI is InChI=1S/C29H48N2/c1-3-5-7-9-10-11-12-13-17-21-28(25-27-19-15-14-16-20-27)29(22-18-8-6-4-2)31-24-23-30-26-31/h14-16,19-20,23-24,26,28-29H,3-13,17-18,21-22,25H2,1-2H3. The second-order valence-corrected chi connectivity index (χ2v) is 9.49. The zero-order valence-electron chi connectivity index (χ0n) is 20.5. The zero-order chi connectivity index (χ0) is 22.0. The van der Waals surface area contributed by atoms with Crippen molar-refractivity contribution in [1.29, 1.82) is 0 Å². The van der Waals surface area contributed by atoms with Crippen molar-refractivity contribution in [3.05, 3.63) is 54.6 Å². The van der Waals surface area contributed by atoms with Gasteiger partial charge in [0.15, 0.2) is 0 Å². The monoisotopic (exact) mass is 424 g/mol. The lowest BCUT2D eigenvalue weighted by Gasteiger charge is -2.29. The Hall–Kier alpha value is -1.57. The van der Waals surface area contributed by atoms with E-state index in [4.69, 9.17) is 0 Å². The lowest BCUT2D eigenvalue weighted by atomic mass is 9.84. The summed E-state index contributed by atoms with van der Waals surface area (Å²) < 4.78 is 2.41. The second kappa shape index (κ2) is 17.0. The Morgan fingerprint density at radius 1 is 0.710 bits per heavy atom. The van der Waals surface area contributed by atoms with E-state index in [9.17, 15) is 0 Å². The van der Waals surface area contributed by atoms with Gasteiger partial charge in [0.1, 0.15) is 0 Å². The van der Waals surface area contributed by atoms with Crippen molar-refractivity contribution in [3.63, 3.8) is 0 Å². The smallest absolute Gasteiger partial charge is 0.0948 e. The number of unbranched alkanes of at least 4 members (excludes halogenated alkanes) is 11. The molecule has 2 nitrogen and oxygen atoms in total. The molecule has 1 aromatic heterocycles. The molecule has 0 aliphatic rings. The van der Waals surface area contributed by atoms with Crippen molar-refractivity contribution in [3.8, 4) is 0 Å². The zero-order valence-corrected chi connectivity index (χ0v) is 20.5. The fourth-order valence-corrected chi connectivity index (χ4v) is 4.94. The molecular formula is C29H48N2. The molecule has 0 fully saturated rings. The fourth-order valence-electron chi connectivity index (χ4n) is 4.94. The summed E-state index contributed by atoms with van der Waals surface area (Å²) in [6, 6.07) is 11.7. The first-order valence-corrected chi connectivity index (χ1v) is 13.4. The molecule has 2 aromatic rings. The van der Waals surface area contributed by atoms with Gasteiger partial charge in [-0.25, -0.2) is 4.98 Å². The quantitative estimate of drug-likeness (QED) is 0.205. The molecule has 2 heteroatoms. The molecule has 2 rings (SSSR count). The number of hydrogen-bond acceptors (Lipinski definition) is 1. The lowest BCUT2D eigenvalue weighted by molar-refractivity contribution is 0.275. The van der Waals surface area contributed by atoms with Gasteiger partial charge in [0.2, 0.25) is 0 Å². The van der Waals surface area contributed by atoms with Gasteiger partial charge in [-0.05, 0) is 30.7 Å². The Morgan fingerprint density at radius 2 is 1.29 bits per heavy atom. The van der Waals surface area contributed by atoms with Crippen molar-refractivity contribution < 1.29 is 0 Å². The number of nitrogens with zero attached hydrogens (tertiary/aromatic N) is 2. The van der Waals surface area contributed by atoms with Crippen molar-refractivity contribution in [1.82, 2.24) is 9.55 Å². The van der Waals surface area contributed by atoms with Gasteiger partial charge in [0.05, 0.1) is 6.33 Å². The van der Waals surface area contributed by atoms with Gasteiger partial charge >= 0.3 is 0 Å². The summed E-state index contributed by atoms with van der Waals surface area (Å²) in [5, 5.41) is 0. The van der Waals surface area contributed by atoms with E-state index in [-0.39, 0.29) is 0 Å². The number of benzene rings is 1. The number of hydrogen-bond donors (Lipinski definition) is 0. The van der Waals surface area contributed by atoms with Crippen LogP contribution in [-0.4, -0.2) is 9.55 Å². The molecule has 1 heterocycles. The Morgan fingerprint density at radius 3 is 1.90 bits per heavy atom. The predicted octanol–water partition coefficient (Wildman–Crippen LogP) is 9.17. The van der Waals surface area contributed by atoms with E-state index in [0.717, 1.165) is 0 Å². The Balaban J connectivity index is 1.89. The Labute approximate surface area is 192 Å². The number of imidazole rings is 1. The summed E-state index contributed by atoms with van der Waals surface area (Å²) >= 11 is 0. The summed E-state index contributed by atoms with van der Waals surface area (Å²) in [6.07, 6.45) is 28.0. The molecule has 0 amide bonds. The average molecular weight is 425 g/mol. The van der Waals surface area contributed by atoms with Crippen LogP contribution in [0.3, 0.4) is 0 Å². The van der Waals surface area contributed by atoms with Crippen LogP contribution in [0.15, 0.2) is 49.1 Å². The first-order valence-electron chi connectivity index (χ1n) is 13.4. The third-order valence-corrected chi connectivity index (χ3v) is 6.82. The summed E-state index contributed by atoms with van der Waals surface area (Å²) in [5.74, 6) is 0.697. The summed E-state index contributed by atoms with van der Waals surface area (Å²) in [6.45, 7) is 4.60. The van der Waals surface area contributed by atoms with Crippen LogP contribution < -0.4 is 0 Å². The van der Waals surface area contributed by atoms with Crippen LogP contribution in [-0.2, 0) is 6.42 Å². The van der Waals surface area contributed by atoms with Crippen LogP contribution in [0.25, 0.3) is 0 Å². The van der Waals surface area contributed by atoms with Crippen molar-refractivity contribution in [2.45, 2.75) is 123 Å². The molecule has 0 aliphatic heterocycles. The van der Waals surface area contributed by atoms with Crippen molar-refractivity contribution in [2.24, 2.45) is 5.92 Å². The van der Waals surface area contributed by atoms with Crippen LogP contribution in [0.4, 0.5) is 0 Å². The molecule has 174 valence electrons. The fraction of sp³-hybridized carbons (Fsp3) is 0.690. The van der Waals surface area contributed by atoms with Gasteiger partial charge in [0.25, 0.3) is 0 Å². The highest BCUT2D eigenvalue weighted by Gasteiger charge is 2.22. The second-order valence-electron chi connectivity index (χ2n) is 9.49. The minimum Gasteiger partial charge on any atom is -0.334 e. The highest BCUT2D eigenvalue weighted by Crippen LogP contribution is 2.32. The van der Waals surface area contributed by atoms with Gasteiger partial charge in [-0.3, -0.25) is 0 Å². The van der Waals surface area contributed by atoms with Crippen LogP contribution in [0.5, 0.6) is 0 Å². The molecule has 0 spiro atoms. The van der Waals surface area contributed by atoms with Gasteiger partial charge in [-0.1, -0.05) is 128 Å². The van der Waals surface area contributed by atoms with Crippen molar-refractivity contribution in [2.75, 3.05) is 0 Å². The van der Waals surface area contributed by atoms with E-state index < -0.39 is 0 Å². The van der Waals surface area contributed by atoms with E-state index in [2.05, 4.69) is 66.3 Å². The summed E-state index contributed by atoms with van der Waals surface area (Å²) in [4.78, 5) is 4.39. The van der Waals surface area contributed by atoms with E-state index in [1.54, 1.807) is 0 Å². The third kappa shape index (κ3) is 11.0. The number of rotatable bonds is 19. The highest BCUT2D eigenvalue weighted by atomic mass is 15.1. The van der Waals surface area contributed by atoms with E-state index in [1.165, 1.54) is 108 Å². The van der Waals surface area contributed by atoms with Crippen molar-refractivity contribution >= 4 is 0 Å². The van der Waals surface area contributed by atoms with Crippen LogP contribution in [0.1, 0.15) is 122 Å². The molecular weight excluding hydrogens is 376 g/mol. The maximum Gasteiger partial charge on any atom is 0.0948 e. The number of aromatic nitrogens is 2. The Kier molecular flexibility index (Phi) is 14.1. The molecule has 31 heavy (non-hydrogen) atoms. The average Bonchev–Trinajstić information content (AvgIpc) is 3.33. The maximum atomic E-state index is 4.39. The Bertz CT molecular complexity index is 619. The molecule has 0 bridgehead atoms. The molecule has 0 saturated carbocycles. The largest absolute Gasteiger partial charge is 0.334 e. The normalized spacial score (nSPS) is 13.4. The van der Waals surface area contributed by atoms with Gasteiger partial charge in [-0.2, -0.15) is 0 Å². The molecule has 0 aliphatic carbocycles. The van der Waals surface area contributed by atoms with Crippen LogP contribution in [0.2, 0.25) is 0 Å². The molecule has 0 saturated heterocycles. The predicted molar refractivity (Wildman–Crippen MR) is 136 cm³/mol. The molecule has 0 radical (unpaired) electrons. The lowest BCUT2D eigenvalue weighted by Crippen LogP contribution is -2.21.